The molecule has 1 aliphatic heterocycles. The van der Waals surface area contributed by atoms with E-state index in [0.717, 1.165) is 32.2 Å². The maximum Gasteiger partial charge on any atom is 0.171 e. The molecule has 0 aromatic carbocycles. The predicted molar refractivity (Wildman–Crippen MR) is 72.2 cm³/mol. The molecule has 108 valence electrons. The van der Waals surface area contributed by atoms with E-state index in [1.807, 2.05) is 4.68 Å². The van der Waals surface area contributed by atoms with Crippen LogP contribution in [0.5, 0.6) is 0 Å². The first-order valence-corrected chi connectivity index (χ1v) is 6.52. The highest BCUT2D eigenvalue weighted by atomic mass is 16.3. The van der Waals surface area contributed by atoms with Crippen molar-refractivity contribution in [3.63, 3.8) is 0 Å². The number of aldehydes is 1. The van der Waals surface area contributed by atoms with Crippen molar-refractivity contribution in [3.05, 3.63) is 11.9 Å². The van der Waals surface area contributed by atoms with Gasteiger partial charge in [-0.3, -0.25) is 4.79 Å². The molecule has 1 aliphatic rings. The molecule has 7 heteroatoms. The molecule has 1 aromatic rings. The molecule has 0 saturated carbocycles. The van der Waals surface area contributed by atoms with E-state index in [2.05, 4.69) is 27.6 Å². The van der Waals surface area contributed by atoms with Gasteiger partial charge in [0.05, 0.1) is 18.8 Å². The average Bonchev–Trinajstić information content (AvgIpc) is 2.90. The lowest BCUT2D eigenvalue weighted by molar-refractivity contribution is 0.111. The van der Waals surface area contributed by atoms with Crippen molar-refractivity contribution in [2.75, 3.05) is 40.3 Å². The van der Waals surface area contributed by atoms with Gasteiger partial charge in [-0.25, -0.2) is 4.68 Å². The lowest BCUT2D eigenvalue weighted by Crippen LogP contribution is -2.31. The number of nitrogens with zero attached hydrogens (tertiary/aromatic N) is 4. The van der Waals surface area contributed by atoms with E-state index in [1.54, 1.807) is 13.2 Å². The average molecular weight is 269 g/mol. The molecule has 0 aliphatic carbocycles. The minimum absolute atomic E-state index is 0.233. The van der Waals surface area contributed by atoms with Crippen LogP contribution in [0, 0.1) is 0 Å². The summed E-state index contributed by atoms with van der Waals surface area (Å²) in [6, 6.07) is 0.410. The Hall–Kier alpha value is -1.31. The zero-order valence-corrected chi connectivity index (χ0v) is 11.6. The number of hydrogen-bond acceptors (Lipinski definition) is 6. The SMILES string of the molecule is CN1CCC(n2cc(C=O)nn2)CC1.CNCCO. The Labute approximate surface area is 113 Å². The maximum atomic E-state index is 10.4. The van der Waals surface area contributed by atoms with Crippen LogP contribution in [0.3, 0.4) is 0 Å². The molecular formula is C12H23N5O2. The van der Waals surface area contributed by atoms with Crippen molar-refractivity contribution in [2.45, 2.75) is 18.9 Å². The van der Waals surface area contributed by atoms with E-state index in [1.165, 1.54) is 0 Å². The van der Waals surface area contributed by atoms with Crippen LogP contribution in [0.4, 0.5) is 0 Å². The summed E-state index contributed by atoms with van der Waals surface area (Å²) in [4.78, 5) is 12.7. The van der Waals surface area contributed by atoms with E-state index in [0.29, 0.717) is 18.3 Å². The van der Waals surface area contributed by atoms with Crippen molar-refractivity contribution in [2.24, 2.45) is 0 Å². The number of carbonyl (C=O) groups is 1. The Morgan fingerprint density at radius 2 is 2.21 bits per heavy atom. The Kier molecular flexibility index (Phi) is 7.24. The third-order valence-electron chi connectivity index (χ3n) is 3.07. The van der Waals surface area contributed by atoms with Crippen LogP contribution < -0.4 is 5.32 Å². The molecule has 0 bridgehead atoms. The normalized spacial score (nSPS) is 16.8. The Morgan fingerprint density at radius 3 is 2.63 bits per heavy atom. The van der Waals surface area contributed by atoms with Gasteiger partial charge in [-0.2, -0.15) is 0 Å². The van der Waals surface area contributed by atoms with E-state index in [4.69, 9.17) is 5.11 Å². The summed E-state index contributed by atoms with van der Waals surface area (Å²) < 4.78 is 1.82. The first-order chi connectivity index (χ1) is 9.21. The minimum Gasteiger partial charge on any atom is -0.395 e. The third kappa shape index (κ3) is 5.46. The summed E-state index contributed by atoms with van der Waals surface area (Å²) in [5.41, 5.74) is 0.420. The molecule has 0 amide bonds. The van der Waals surface area contributed by atoms with Gasteiger partial charge in [0.1, 0.15) is 5.69 Å². The van der Waals surface area contributed by atoms with Gasteiger partial charge < -0.3 is 15.3 Å². The summed E-state index contributed by atoms with van der Waals surface area (Å²) >= 11 is 0. The zero-order valence-electron chi connectivity index (χ0n) is 11.6. The second-order valence-electron chi connectivity index (χ2n) is 4.60. The van der Waals surface area contributed by atoms with E-state index in [9.17, 15) is 4.79 Å². The highest BCUT2D eigenvalue weighted by Crippen LogP contribution is 2.20. The fraction of sp³-hybridized carbons (Fsp3) is 0.750. The first-order valence-electron chi connectivity index (χ1n) is 6.52. The summed E-state index contributed by atoms with van der Waals surface area (Å²) in [5.74, 6) is 0. The zero-order chi connectivity index (χ0) is 14.1. The van der Waals surface area contributed by atoms with Crippen molar-refractivity contribution in [1.29, 1.82) is 0 Å². The van der Waals surface area contributed by atoms with Crippen LogP contribution in [0.25, 0.3) is 0 Å². The van der Waals surface area contributed by atoms with Gasteiger partial charge in [0, 0.05) is 6.54 Å². The fourth-order valence-electron chi connectivity index (χ4n) is 1.89. The first kappa shape index (κ1) is 15.7. The van der Waals surface area contributed by atoms with Gasteiger partial charge in [-0.15, -0.1) is 5.10 Å². The highest BCUT2D eigenvalue weighted by molar-refractivity contribution is 5.70. The van der Waals surface area contributed by atoms with Gasteiger partial charge in [-0.05, 0) is 40.0 Å². The largest absolute Gasteiger partial charge is 0.395 e. The van der Waals surface area contributed by atoms with Crippen LogP contribution >= 0.6 is 0 Å². The number of hydrogen-bond donors (Lipinski definition) is 2. The number of likely N-dealkylation sites (N-methyl/N-ethyl adjacent to an activating group) is 1. The molecule has 1 saturated heterocycles. The van der Waals surface area contributed by atoms with Crippen LogP contribution in [-0.2, 0) is 0 Å². The fourth-order valence-corrected chi connectivity index (χ4v) is 1.89. The molecule has 2 heterocycles. The molecule has 2 N–H and O–H groups in total. The molecular weight excluding hydrogens is 246 g/mol. The lowest BCUT2D eigenvalue weighted by atomic mass is 10.1. The number of nitrogens with one attached hydrogen (secondary N) is 1. The van der Waals surface area contributed by atoms with E-state index < -0.39 is 0 Å². The van der Waals surface area contributed by atoms with Crippen LogP contribution in [-0.4, -0.2) is 71.6 Å². The van der Waals surface area contributed by atoms with Crippen molar-refractivity contribution < 1.29 is 9.90 Å². The predicted octanol–water partition coefficient (Wildman–Crippen LogP) is -0.445. The minimum atomic E-state index is 0.233. The van der Waals surface area contributed by atoms with Gasteiger partial charge in [-0.1, -0.05) is 5.21 Å². The van der Waals surface area contributed by atoms with E-state index >= 15 is 0 Å². The molecule has 7 nitrogen and oxygen atoms in total. The summed E-state index contributed by atoms with van der Waals surface area (Å²) in [6.07, 6.45) is 4.62. The summed E-state index contributed by atoms with van der Waals surface area (Å²) in [7, 11) is 3.92. The standard InChI is InChI=1S/C9H14N4O.C3H9NO/c1-12-4-2-9(3-5-12)13-6-8(7-14)10-11-13;1-4-2-3-5/h6-7,9H,2-5H2,1H3;4-5H,2-3H2,1H3. The van der Waals surface area contributed by atoms with Gasteiger partial charge in [0.15, 0.2) is 6.29 Å². The van der Waals surface area contributed by atoms with Gasteiger partial charge in [0.2, 0.25) is 0 Å². The molecule has 2 rings (SSSR count). The Bertz CT molecular complexity index is 359. The van der Waals surface area contributed by atoms with Crippen molar-refractivity contribution in [3.8, 4) is 0 Å². The Morgan fingerprint density at radius 1 is 1.53 bits per heavy atom. The number of piperidine rings is 1. The number of carbonyl (C=O) groups excluding carboxylic acids is 1. The topological polar surface area (TPSA) is 83.3 Å². The van der Waals surface area contributed by atoms with Crippen molar-refractivity contribution >= 4 is 6.29 Å². The third-order valence-corrected chi connectivity index (χ3v) is 3.07. The number of aromatic nitrogens is 3. The molecule has 1 aromatic heterocycles. The smallest absolute Gasteiger partial charge is 0.171 e. The highest BCUT2D eigenvalue weighted by Gasteiger charge is 2.19. The molecule has 1 fully saturated rings. The maximum absolute atomic E-state index is 10.4. The number of likely N-dealkylation sites (tertiary alicyclic amines) is 1. The molecule has 0 radical (unpaired) electrons. The lowest BCUT2D eigenvalue weighted by Gasteiger charge is -2.28. The second kappa shape index (κ2) is 8.73. The molecule has 0 unspecified atom stereocenters. The van der Waals surface area contributed by atoms with Gasteiger partial charge >= 0.3 is 0 Å². The summed E-state index contributed by atoms with van der Waals surface area (Å²) in [5, 5.41) is 18.5. The molecule has 0 atom stereocenters. The van der Waals surface area contributed by atoms with Crippen molar-refractivity contribution in [1.82, 2.24) is 25.2 Å². The van der Waals surface area contributed by atoms with Crippen LogP contribution in [0.2, 0.25) is 0 Å². The van der Waals surface area contributed by atoms with Gasteiger partial charge in [0.25, 0.3) is 0 Å². The van der Waals surface area contributed by atoms with Crippen LogP contribution in [0.1, 0.15) is 29.4 Å². The number of rotatable bonds is 4. The quantitative estimate of drug-likeness (QED) is 0.721. The Balaban J connectivity index is 0.000000312. The molecule has 0 spiro atoms. The summed E-state index contributed by atoms with van der Waals surface area (Å²) in [6.45, 7) is 3.10. The van der Waals surface area contributed by atoms with Crippen LogP contribution in [0.15, 0.2) is 6.20 Å². The number of aliphatic hydroxyl groups excluding tert-OH is 1. The molecule has 19 heavy (non-hydrogen) atoms. The second-order valence-corrected chi connectivity index (χ2v) is 4.60. The number of aliphatic hydroxyl groups is 1. The monoisotopic (exact) mass is 269 g/mol. The van der Waals surface area contributed by atoms with E-state index in [-0.39, 0.29) is 6.61 Å².